The molecule has 0 heterocycles. The molecule has 2 rings (SSSR count). The monoisotopic (exact) mass is 482 g/mol. The van der Waals surface area contributed by atoms with Crippen LogP contribution < -0.4 is 25.9 Å². The predicted octanol–water partition coefficient (Wildman–Crippen LogP) is 0.855. The highest BCUT2D eigenvalue weighted by Crippen LogP contribution is 2.14. The molecule has 2 aromatic rings. The van der Waals surface area contributed by atoms with Crippen molar-refractivity contribution < 1.29 is 29.6 Å². The molecule has 0 aliphatic carbocycles. The maximum Gasteiger partial charge on any atom is 0.419 e. The van der Waals surface area contributed by atoms with E-state index in [0.717, 1.165) is 5.56 Å². The number of hydrogen-bond acceptors (Lipinski definition) is 2. The molecule has 0 bridgehead atoms. The van der Waals surface area contributed by atoms with Crippen molar-refractivity contribution in [2.24, 2.45) is 11.8 Å². The molecule has 0 aromatic heterocycles. The number of benzene rings is 2. The highest BCUT2D eigenvalue weighted by molar-refractivity contribution is 7.89. The lowest BCUT2D eigenvalue weighted by Crippen LogP contribution is -3.59. The van der Waals surface area contributed by atoms with Crippen LogP contribution in [-0.2, 0) is 10.0 Å². The summed E-state index contributed by atoms with van der Waals surface area (Å²) in [5.41, 5.74) is 1.04. The Labute approximate surface area is 167 Å². The average Bonchev–Trinajstić information content (AvgIpc) is 2.61. The largest absolute Gasteiger partial charge is 0.419 e. The fraction of sp³-hybridized carbons (Fsp3) is 0.333. The van der Waals surface area contributed by atoms with E-state index in [0.29, 0.717) is 23.8 Å². The summed E-state index contributed by atoms with van der Waals surface area (Å²) in [6.45, 7) is 6.61. The molecule has 0 spiro atoms. The quantitative estimate of drug-likeness (QED) is 0.470. The van der Waals surface area contributed by atoms with Gasteiger partial charge in [0.25, 0.3) is 0 Å². The molecule has 2 aromatic carbocycles. The van der Waals surface area contributed by atoms with Crippen LogP contribution >= 0.6 is 0 Å². The third-order valence-electron chi connectivity index (χ3n) is 4.01. The summed E-state index contributed by atoms with van der Waals surface area (Å²) in [5, 5.41) is 0. The fourth-order valence-corrected chi connectivity index (χ4v) is 5.04. The second kappa shape index (κ2) is 10.1. The Morgan fingerprint density at radius 1 is 1.04 bits per heavy atom. The Kier molecular flexibility index (Phi) is 8.14. The summed E-state index contributed by atoms with van der Waals surface area (Å²) in [5.74, 6) is 3.95. The maximum absolute atomic E-state index is 12.4. The van der Waals surface area contributed by atoms with Crippen molar-refractivity contribution in [3.63, 3.8) is 0 Å². The first-order valence-electron chi connectivity index (χ1n) is 8.64. The predicted molar refractivity (Wildman–Crippen MR) is 102 cm³/mol. The van der Waals surface area contributed by atoms with Crippen molar-refractivity contribution in [1.29, 1.82) is 0 Å². The van der Waals surface area contributed by atoms with E-state index >= 15 is 0 Å². The van der Waals surface area contributed by atoms with Gasteiger partial charge in [0.1, 0.15) is 0 Å². The van der Waals surface area contributed by atoms with Gasteiger partial charge in [-0.3, -0.25) is 0 Å². The first-order valence-corrected chi connectivity index (χ1v) is 12.3. The van der Waals surface area contributed by atoms with Gasteiger partial charge >= 0.3 is 21.2 Å². The van der Waals surface area contributed by atoms with Crippen molar-refractivity contribution in [2.75, 3.05) is 6.54 Å². The normalized spacial score (nSPS) is 12.5. The zero-order valence-electron chi connectivity index (χ0n) is 15.4. The van der Waals surface area contributed by atoms with E-state index < -0.39 is 10.0 Å². The van der Waals surface area contributed by atoms with Gasteiger partial charge in [-0.25, -0.2) is 13.1 Å². The van der Waals surface area contributed by atoms with Gasteiger partial charge in [0, 0.05) is 12.5 Å². The second-order valence-electron chi connectivity index (χ2n) is 6.48. The van der Waals surface area contributed by atoms with Crippen molar-refractivity contribution in [1.82, 2.24) is 4.72 Å². The van der Waals surface area contributed by atoms with Gasteiger partial charge in [-0.15, -0.1) is 0 Å². The molecule has 1 unspecified atom stereocenters. The van der Waals surface area contributed by atoms with E-state index in [1.165, 1.54) is 3.57 Å². The minimum atomic E-state index is -3.45. The summed E-state index contributed by atoms with van der Waals surface area (Å²) in [4.78, 5) is 0.310. The summed E-state index contributed by atoms with van der Waals surface area (Å²) in [7, 11) is -3.45. The van der Waals surface area contributed by atoms with Gasteiger partial charge in [-0.1, -0.05) is 49.7 Å². The average molecular weight is 482 g/mol. The molecule has 1 atom stereocenters. The standard InChI is InChI=1S/C21H25INO2S/c1-17(2)19(13-15-22-20-7-5-4-6-8-20)14-16-23-26(24,25)21-11-9-18(3)10-12-21/h4-12,17,19,23H,14,16H2,1-3H3/q+1. The van der Waals surface area contributed by atoms with E-state index in [9.17, 15) is 8.42 Å². The molecule has 0 aliphatic heterocycles. The molecule has 0 aliphatic rings. The molecule has 0 radical (unpaired) electrons. The molecular formula is C21H25INO2S+. The summed E-state index contributed by atoms with van der Waals surface area (Å²) in [6.07, 6.45) is 0.717. The van der Waals surface area contributed by atoms with Gasteiger partial charge in [0.05, 0.1) is 4.90 Å². The van der Waals surface area contributed by atoms with Crippen molar-refractivity contribution in [2.45, 2.75) is 32.1 Å². The summed E-state index contributed by atoms with van der Waals surface area (Å²) in [6, 6.07) is 17.2. The molecule has 26 heavy (non-hydrogen) atoms. The van der Waals surface area contributed by atoms with Crippen LogP contribution in [0.3, 0.4) is 0 Å². The number of sulfonamides is 1. The van der Waals surface area contributed by atoms with E-state index in [1.807, 2.05) is 37.3 Å². The third kappa shape index (κ3) is 6.75. The number of halogens is 1. The van der Waals surface area contributed by atoms with E-state index in [-0.39, 0.29) is 27.1 Å². The third-order valence-corrected chi connectivity index (χ3v) is 7.41. The molecule has 0 amide bonds. The Morgan fingerprint density at radius 3 is 2.31 bits per heavy atom. The van der Waals surface area contributed by atoms with Crippen LogP contribution in [-0.4, -0.2) is 15.0 Å². The molecule has 0 saturated heterocycles. The van der Waals surface area contributed by atoms with Gasteiger partial charge in [-0.05, 0) is 49.4 Å². The van der Waals surface area contributed by atoms with Crippen molar-refractivity contribution in [3.8, 4) is 9.85 Å². The number of rotatable bonds is 7. The summed E-state index contributed by atoms with van der Waals surface area (Å²) < 4.78 is 32.1. The minimum Gasteiger partial charge on any atom is -0.211 e. The number of nitrogens with one attached hydrogen (secondary N) is 1. The van der Waals surface area contributed by atoms with Crippen LogP contribution in [0.5, 0.6) is 0 Å². The highest BCUT2D eigenvalue weighted by atomic mass is 127. The molecule has 5 heteroatoms. The topological polar surface area (TPSA) is 46.2 Å². The molecule has 138 valence electrons. The molecule has 0 saturated carbocycles. The first-order chi connectivity index (χ1) is 12.4. The van der Waals surface area contributed by atoms with Gasteiger partial charge in [0.15, 0.2) is 3.93 Å². The zero-order chi connectivity index (χ0) is 19.0. The van der Waals surface area contributed by atoms with E-state index in [4.69, 9.17) is 0 Å². The number of hydrogen-bond donors (Lipinski definition) is 1. The fourth-order valence-electron chi connectivity index (χ4n) is 2.35. The van der Waals surface area contributed by atoms with Gasteiger partial charge in [-0.2, -0.15) is 0 Å². The van der Waals surface area contributed by atoms with Crippen molar-refractivity contribution >= 4 is 10.0 Å². The van der Waals surface area contributed by atoms with Crippen molar-refractivity contribution in [3.05, 3.63) is 63.7 Å². The Morgan fingerprint density at radius 2 is 1.69 bits per heavy atom. The molecule has 0 fully saturated rings. The SMILES string of the molecule is Cc1ccc(S(=O)(=O)NCCC(C#C[I+]c2ccccc2)C(C)C)cc1. The lowest BCUT2D eigenvalue weighted by atomic mass is 9.94. The number of aryl methyl sites for hydroxylation is 1. The Balaban J connectivity index is 1.91. The van der Waals surface area contributed by atoms with Crippen LogP contribution in [0.4, 0.5) is 0 Å². The van der Waals surface area contributed by atoms with E-state index in [2.05, 4.69) is 40.5 Å². The van der Waals surface area contributed by atoms with Crippen LogP contribution in [0.25, 0.3) is 0 Å². The Hall–Kier alpha value is -1.36. The highest BCUT2D eigenvalue weighted by Gasteiger charge is 2.17. The molecule has 3 nitrogen and oxygen atoms in total. The van der Waals surface area contributed by atoms with Gasteiger partial charge < -0.3 is 0 Å². The minimum absolute atomic E-state index is 0.194. The van der Waals surface area contributed by atoms with Gasteiger partial charge in [0.2, 0.25) is 13.6 Å². The molecule has 1 N–H and O–H groups in total. The first kappa shape index (κ1) is 20.9. The lowest BCUT2D eigenvalue weighted by Gasteiger charge is -2.14. The van der Waals surface area contributed by atoms with Crippen LogP contribution in [0, 0.1) is 32.2 Å². The molecular weight excluding hydrogens is 457 g/mol. The maximum atomic E-state index is 12.4. The van der Waals surface area contributed by atoms with Crippen LogP contribution in [0.2, 0.25) is 0 Å². The van der Waals surface area contributed by atoms with E-state index in [1.54, 1.807) is 12.1 Å². The van der Waals surface area contributed by atoms with Crippen LogP contribution in [0.15, 0.2) is 59.5 Å². The lowest BCUT2D eigenvalue weighted by molar-refractivity contribution is -0.535. The zero-order valence-corrected chi connectivity index (χ0v) is 18.3. The van der Waals surface area contributed by atoms with Crippen LogP contribution in [0.1, 0.15) is 25.8 Å². The second-order valence-corrected chi connectivity index (χ2v) is 10.6. The Bertz CT molecular complexity index is 850. The smallest absolute Gasteiger partial charge is 0.211 e. The summed E-state index contributed by atoms with van der Waals surface area (Å²) >= 11 is -0.311.